The molecule has 2 N–H and O–H groups in total. The number of aryl methyl sites for hydroxylation is 1. The van der Waals surface area contributed by atoms with Crippen molar-refractivity contribution in [3.05, 3.63) is 24.0 Å². The molecule has 0 unspecified atom stereocenters. The highest BCUT2D eigenvalue weighted by Gasteiger charge is 2.24. The second kappa shape index (κ2) is 5.52. The van der Waals surface area contributed by atoms with Gasteiger partial charge in [0.05, 0.1) is 0 Å². The maximum absolute atomic E-state index is 11.9. The number of carboxylic acids is 1. The highest BCUT2D eigenvalue weighted by atomic mass is 16.4. The van der Waals surface area contributed by atoms with E-state index < -0.39 is 12.0 Å². The third kappa shape index (κ3) is 3.09. The number of carbonyl (C=O) groups excluding carboxylic acids is 1. The Bertz CT molecular complexity index is 410. The van der Waals surface area contributed by atoms with E-state index in [0.29, 0.717) is 12.2 Å². The van der Waals surface area contributed by atoms with Crippen LogP contribution in [0, 0.1) is 5.92 Å². The van der Waals surface area contributed by atoms with Crippen molar-refractivity contribution in [2.24, 2.45) is 5.92 Å². The molecular weight excluding hydrogens is 220 g/mol. The van der Waals surface area contributed by atoms with Gasteiger partial charge in [0.1, 0.15) is 11.7 Å². The van der Waals surface area contributed by atoms with Crippen LogP contribution in [-0.4, -0.2) is 27.6 Å². The van der Waals surface area contributed by atoms with E-state index in [2.05, 4.69) is 5.32 Å². The number of nitrogens with zero attached hydrogens (tertiary/aromatic N) is 1. The molecule has 1 aromatic heterocycles. The topological polar surface area (TPSA) is 71.3 Å². The van der Waals surface area contributed by atoms with Gasteiger partial charge in [-0.1, -0.05) is 13.8 Å². The predicted octanol–water partition coefficient (Wildman–Crippen LogP) is 1.35. The number of hydrogen-bond acceptors (Lipinski definition) is 2. The van der Waals surface area contributed by atoms with Gasteiger partial charge in [0.25, 0.3) is 5.91 Å². The molecule has 0 fully saturated rings. The molecule has 5 nitrogen and oxygen atoms in total. The molecule has 1 atom stereocenters. The van der Waals surface area contributed by atoms with Crippen molar-refractivity contribution >= 4 is 11.9 Å². The monoisotopic (exact) mass is 238 g/mol. The first-order valence-corrected chi connectivity index (χ1v) is 5.66. The Hall–Kier alpha value is -1.78. The SMILES string of the molecule is CCn1cccc1C(=O)N[C@@H](C(=O)O)C(C)C. The van der Waals surface area contributed by atoms with Gasteiger partial charge in [0.15, 0.2) is 0 Å². The lowest BCUT2D eigenvalue weighted by atomic mass is 10.0. The molecule has 1 amide bonds. The van der Waals surface area contributed by atoms with Crippen LogP contribution in [0.5, 0.6) is 0 Å². The summed E-state index contributed by atoms with van der Waals surface area (Å²) in [7, 11) is 0. The van der Waals surface area contributed by atoms with Crippen LogP contribution in [-0.2, 0) is 11.3 Å². The van der Waals surface area contributed by atoms with Gasteiger partial charge in [-0.05, 0) is 25.0 Å². The highest BCUT2D eigenvalue weighted by molar-refractivity contribution is 5.95. The number of carboxylic acid groups (broad SMARTS) is 1. The van der Waals surface area contributed by atoms with E-state index in [1.54, 1.807) is 36.7 Å². The summed E-state index contributed by atoms with van der Waals surface area (Å²) in [5.74, 6) is -1.51. The Balaban J connectivity index is 2.81. The summed E-state index contributed by atoms with van der Waals surface area (Å²) in [5.41, 5.74) is 0.486. The molecule has 5 heteroatoms. The van der Waals surface area contributed by atoms with Crippen LogP contribution in [0.3, 0.4) is 0 Å². The van der Waals surface area contributed by atoms with Gasteiger partial charge in [-0.3, -0.25) is 4.79 Å². The zero-order valence-corrected chi connectivity index (χ0v) is 10.3. The molecule has 0 spiro atoms. The zero-order chi connectivity index (χ0) is 13.0. The summed E-state index contributed by atoms with van der Waals surface area (Å²) in [4.78, 5) is 22.9. The Labute approximate surface area is 100 Å². The van der Waals surface area contributed by atoms with Crippen molar-refractivity contribution in [1.29, 1.82) is 0 Å². The van der Waals surface area contributed by atoms with E-state index in [1.165, 1.54) is 0 Å². The van der Waals surface area contributed by atoms with Crippen molar-refractivity contribution in [2.75, 3.05) is 0 Å². The summed E-state index contributed by atoms with van der Waals surface area (Å²) >= 11 is 0. The highest BCUT2D eigenvalue weighted by Crippen LogP contribution is 2.06. The Kier molecular flexibility index (Phi) is 4.31. The smallest absolute Gasteiger partial charge is 0.326 e. The van der Waals surface area contributed by atoms with Gasteiger partial charge in [-0.2, -0.15) is 0 Å². The van der Waals surface area contributed by atoms with Gasteiger partial charge < -0.3 is 15.0 Å². The van der Waals surface area contributed by atoms with Crippen LogP contribution < -0.4 is 5.32 Å². The van der Waals surface area contributed by atoms with Crippen LogP contribution in [0.1, 0.15) is 31.3 Å². The first-order chi connectivity index (χ1) is 7.97. The predicted molar refractivity (Wildman–Crippen MR) is 63.8 cm³/mol. The third-order valence-corrected chi connectivity index (χ3v) is 2.62. The molecule has 17 heavy (non-hydrogen) atoms. The molecule has 0 saturated heterocycles. The number of hydrogen-bond donors (Lipinski definition) is 2. The van der Waals surface area contributed by atoms with E-state index in [-0.39, 0.29) is 11.8 Å². The summed E-state index contributed by atoms with van der Waals surface area (Å²) in [6.45, 7) is 6.12. The molecule has 1 rings (SSSR count). The maximum atomic E-state index is 11.9. The average Bonchev–Trinajstić information content (AvgIpc) is 2.72. The fraction of sp³-hybridized carbons (Fsp3) is 0.500. The number of aromatic nitrogens is 1. The Morgan fingerprint density at radius 2 is 2.12 bits per heavy atom. The molecule has 0 aliphatic rings. The van der Waals surface area contributed by atoms with Crippen molar-refractivity contribution in [2.45, 2.75) is 33.4 Å². The van der Waals surface area contributed by atoms with E-state index in [9.17, 15) is 9.59 Å². The summed E-state index contributed by atoms with van der Waals surface area (Å²) in [6.07, 6.45) is 1.79. The van der Waals surface area contributed by atoms with Crippen LogP contribution in [0.25, 0.3) is 0 Å². The lowest BCUT2D eigenvalue weighted by Gasteiger charge is -2.18. The zero-order valence-electron chi connectivity index (χ0n) is 10.3. The minimum atomic E-state index is -1.01. The molecule has 1 aromatic rings. The fourth-order valence-corrected chi connectivity index (χ4v) is 1.62. The van der Waals surface area contributed by atoms with Gasteiger partial charge in [-0.15, -0.1) is 0 Å². The van der Waals surface area contributed by atoms with Crippen molar-refractivity contribution < 1.29 is 14.7 Å². The Morgan fingerprint density at radius 3 is 2.59 bits per heavy atom. The molecule has 0 aromatic carbocycles. The molecule has 0 saturated carbocycles. The molecular formula is C12H18N2O3. The minimum absolute atomic E-state index is 0.151. The molecule has 1 heterocycles. The van der Waals surface area contributed by atoms with Gasteiger partial charge in [0, 0.05) is 12.7 Å². The lowest BCUT2D eigenvalue weighted by molar-refractivity contribution is -0.140. The van der Waals surface area contributed by atoms with Gasteiger partial charge in [0.2, 0.25) is 0 Å². The van der Waals surface area contributed by atoms with Crippen molar-refractivity contribution in [3.8, 4) is 0 Å². The second-order valence-corrected chi connectivity index (χ2v) is 4.21. The fourth-order valence-electron chi connectivity index (χ4n) is 1.62. The normalized spacial score (nSPS) is 12.5. The van der Waals surface area contributed by atoms with Crippen molar-refractivity contribution in [1.82, 2.24) is 9.88 Å². The molecule has 0 bridgehead atoms. The van der Waals surface area contributed by atoms with E-state index in [0.717, 1.165) is 0 Å². The number of carbonyl (C=O) groups is 2. The van der Waals surface area contributed by atoms with Gasteiger partial charge in [-0.25, -0.2) is 4.79 Å². The first kappa shape index (κ1) is 13.3. The minimum Gasteiger partial charge on any atom is -0.480 e. The molecule has 0 radical (unpaired) electrons. The van der Waals surface area contributed by atoms with Crippen LogP contribution in [0.4, 0.5) is 0 Å². The third-order valence-electron chi connectivity index (χ3n) is 2.62. The van der Waals surface area contributed by atoms with Gasteiger partial charge >= 0.3 is 5.97 Å². The molecule has 0 aliphatic heterocycles. The standard InChI is InChI=1S/C12H18N2O3/c1-4-14-7-5-6-9(14)11(15)13-10(8(2)3)12(16)17/h5-8,10H,4H2,1-3H3,(H,13,15)(H,16,17)/t10-/m1/s1. The average molecular weight is 238 g/mol. The molecule has 0 aliphatic carbocycles. The van der Waals surface area contributed by atoms with Crippen LogP contribution in [0.2, 0.25) is 0 Å². The van der Waals surface area contributed by atoms with Crippen LogP contribution >= 0.6 is 0 Å². The van der Waals surface area contributed by atoms with Crippen molar-refractivity contribution in [3.63, 3.8) is 0 Å². The molecule has 94 valence electrons. The van der Waals surface area contributed by atoms with E-state index in [1.807, 2.05) is 6.92 Å². The number of nitrogens with one attached hydrogen (secondary N) is 1. The second-order valence-electron chi connectivity index (χ2n) is 4.21. The number of amides is 1. The maximum Gasteiger partial charge on any atom is 0.326 e. The summed E-state index contributed by atoms with van der Waals surface area (Å²) < 4.78 is 1.77. The first-order valence-electron chi connectivity index (χ1n) is 5.66. The number of aliphatic carboxylic acids is 1. The van der Waals surface area contributed by atoms with Crippen LogP contribution in [0.15, 0.2) is 18.3 Å². The summed E-state index contributed by atoms with van der Waals surface area (Å²) in [5, 5.41) is 11.5. The van der Waals surface area contributed by atoms with E-state index >= 15 is 0 Å². The lowest BCUT2D eigenvalue weighted by Crippen LogP contribution is -2.44. The quantitative estimate of drug-likeness (QED) is 0.813. The summed E-state index contributed by atoms with van der Waals surface area (Å²) in [6, 6.07) is 2.59. The number of rotatable bonds is 5. The largest absolute Gasteiger partial charge is 0.480 e. The Morgan fingerprint density at radius 1 is 1.47 bits per heavy atom. The van der Waals surface area contributed by atoms with E-state index in [4.69, 9.17) is 5.11 Å².